The van der Waals surface area contributed by atoms with Crippen molar-refractivity contribution in [2.75, 3.05) is 0 Å². The Bertz CT molecular complexity index is 422. The number of carboxylic acid groups (broad SMARTS) is 1. The normalized spacial score (nSPS) is 12.6. The lowest BCUT2D eigenvalue weighted by Gasteiger charge is -2.09. The van der Waals surface area contributed by atoms with Crippen molar-refractivity contribution in [2.24, 2.45) is 0 Å². The van der Waals surface area contributed by atoms with Gasteiger partial charge in [-0.25, -0.2) is 18.0 Å². The van der Waals surface area contributed by atoms with E-state index in [0.717, 1.165) is 0 Å². The van der Waals surface area contributed by atoms with Crippen molar-refractivity contribution < 1.29 is 28.2 Å². The maximum Gasteiger partial charge on any atom is 0.337 e. The average molecular weight is 285 g/mol. The maximum atomic E-state index is 13.1. The molecule has 0 aromatic heterocycles. The summed E-state index contributed by atoms with van der Waals surface area (Å²) in [7, 11) is 0. The van der Waals surface area contributed by atoms with Crippen molar-refractivity contribution in [3.8, 4) is 0 Å². The minimum atomic E-state index is -2.30. The summed E-state index contributed by atoms with van der Waals surface area (Å²) in [5.41, 5.74) is -0.958. The van der Waals surface area contributed by atoms with E-state index in [2.05, 4.69) is 15.9 Å². The molecule has 0 aliphatic heterocycles. The number of halogens is 4. The van der Waals surface area contributed by atoms with Gasteiger partial charge in [0.05, 0.1) is 4.47 Å². The summed E-state index contributed by atoms with van der Waals surface area (Å²) in [4.78, 5) is 10.3. The van der Waals surface area contributed by atoms with E-state index in [1.54, 1.807) is 0 Å². The van der Waals surface area contributed by atoms with Gasteiger partial charge in [-0.1, -0.05) is 0 Å². The molecule has 0 aliphatic carbocycles. The first kappa shape index (κ1) is 12.0. The van der Waals surface area contributed by atoms with Gasteiger partial charge in [0.2, 0.25) is 0 Å². The van der Waals surface area contributed by atoms with Crippen LogP contribution in [0.3, 0.4) is 0 Å². The van der Waals surface area contributed by atoms with Gasteiger partial charge in [-0.3, -0.25) is 0 Å². The standard InChI is InChI=1S/C8H4BrF3O3/c9-4-3(10)1-2(5(11)6(4)12)7(13)8(14)15/h1,7,13H,(H,14,15). The molecule has 82 valence electrons. The maximum absolute atomic E-state index is 13.1. The molecular weight excluding hydrogens is 281 g/mol. The summed E-state index contributed by atoms with van der Waals surface area (Å²) < 4.78 is 38.1. The second-order valence-electron chi connectivity index (χ2n) is 2.63. The van der Waals surface area contributed by atoms with Gasteiger partial charge in [-0.2, -0.15) is 0 Å². The zero-order chi connectivity index (χ0) is 11.7. The zero-order valence-electron chi connectivity index (χ0n) is 6.97. The highest BCUT2D eigenvalue weighted by atomic mass is 79.9. The number of rotatable bonds is 2. The molecule has 0 amide bonds. The van der Waals surface area contributed by atoms with E-state index in [0.29, 0.717) is 6.07 Å². The quantitative estimate of drug-likeness (QED) is 0.645. The van der Waals surface area contributed by atoms with Crippen LogP contribution in [0.5, 0.6) is 0 Å². The first-order chi connectivity index (χ1) is 6.86. The smallest absolute Gasteiger partial charge is 0.337 e. The molecule has 0 heterocycles. The van der Waals surface area contributed by atoms with Crippen LogP contribution in [0.1, 0.15) is 11.7 Å². The molecule has 3 nitrogen and oxygen atoms in total. The van der Waals surface area contributed by atoms with Gasteiger partial charge in [-0.05, 0) is 22.0 Å². The molecular formula is C8H4BrF3O3. The van der Waals surface area contributed by atoms with Gasteiger partial charge in [0.1, 0.15) is 5.82 Å². The van der Waals surface area contributed by atoms with Crippen LogP contribution in [0.25, 0.3) is 0 Å². The third kappa shape index (κ3) is 2.13. The van der Waals surface area contributed by atoms with Crippen molar-refractivity contribution in [3.63, 3.8) is 0 Å². The van der Waals surface area contributed by atoms with Crippen molar-refractivity contribution in [3.05, 3.63) is 33.6 Å². The second-order valence-corrected chi connectivity index (χ2v) is 3.42. The predicted octanol–water partition coefficient (Wildman–Crippen LogP) is 1.98. The van der Waals surface area contributed by atoms with Crippen LogP contribution in [0.15, 0.2) is 10.5 Å². The number of aliphatic hydroxyl groups excluding tert-OH is 1. The predicted molar refractivity (Wildman–Crippen MR) is 46.6 cm³/mol. The van der Waals surface area contributed by atoms with Gasteiger partial charge in [0.25, 0.3) is 0 Å². The Kier molecular flexibility index (Phi) is 3.35. The Hall–Kier alpha value is -1.08. The largest absolute Gasteiger partial charge is 0.479 e. The van der Waals surface area contributed by atoms with Crippen molar-refractivity contribution in [2.45, 2.75) is 6.10 Å². The highest BCUT2D eigenvalue weighted by Gasteiger charge is 2.25. The minimum Gasteiger partial charge on any atom is -0.479 e. The molecule has 0 radical (unpaired) electrons. The molecule has 1 aromatic carbocycles. The third-order valence-corrected chi connectivity index (χ3v) is 2.39. The molecule has 1 atom stereocenters. The van der Waals surface area contributed by atoms with Crippen LogP contribution < -0.4 is 0 Å². The number of benzene rings is 1. The van der Waals surface area contributed by atoms with E-state index in [1.165, 1.54) is 0 Å². The SMILES string of the molecule is O=C(O)C(O)c1cc(F)c(Br)c(F)c1F. The van der Waals surface area contributed by atoms with E-state index < -0.39 is 39.6 Å². The summed E-state index contributed by atoms with van der Waals surface area (Å²) in [5.74, 6) is -6.16. The van der Waals surface area contributed by atoms with E-state index >= 15 is 0 Å². The number of hydrogen-bond acceptors (Lipinski definition) is 2. The Morgan fingerprint density at radius 1 is 1.33 bits per heavy atom. The van der Waals surface area contributed by atoms with Crippen LogP contribution in [0.4, 0.5) is 13.2 Å². The van der Waals surface area contributed by atoms with Gasteiger partial charge < -0.3 is 10.2 Å². The summed E-state index contributed by atoms with van der Waals surface area (Å²) in [6, 6.07) is 0.418. The van der Waals surface area contributed by atoms with Crippen LogP contribution >= 0.6 is 15.9 Å². The van der Waals surface area contributed by atoms with Crippen molar-refractivity contribution in [1.82, 2.24) is 0 Å². The number of aliphatic hydroxyl groups is 1. The second kappa shape index (κ2) is 4.19. The van der Waals surface area contributed by atoms with E-state index in [-0.39, 0.29) is 0 Å². The molecule has 0 bridgehead atoms. The minimum absolute atomic E-state index is 0.418. The zero-order valence-corrected chi connectivity index (χ0v) is 8.56. The fourth-order valence-electron chi connectivity index (χ4n) is 0.923. The third-order valence-electron chi connectivity index (χ3n) is 1.66. The summed E-state index contributed by atoms with van der Waals surface area (Å²) >= 11 is 2.43. The van der Waals surface area contributed by atoms with Crippen molar-refractivity contribution >= 4 is 21.9 Å². The molecule has 1 rings (SSSR count). The summed E-state index contributed by atoms with van der Waals surface area (Å²) in [6.45, 7) is 0. The first-order valence-electron chi connectivity index (χ1n) is 3.60. The lowest BCUT2D eigenvalue weighted by molar-refractivity contribution is -0.147. The molecule has 15 heavy (non-hydrogen) atoms. The van der Waals surface area contributed by atoms with E-state index in [1.807, 2.05) is 0 Å². The van der Waals surface area contributed by atoms with Gasteiger partial charge in [0, 0.05) is 5.56 Å². The van der Waals surface area contributed by atoms with Crippen LogP contribution in [0.2, 0.25) is 0 Å². The summed E-state index contributed by atoms with van der Waals surface area (Å²) in [6.07, 6.45) is -2.30. The Morgan fingerprint density at radius 3 is 2.33 bits per heavy atom. The van der Waals surface area contributed by atoms with E-state index in [4.69, 9.17) is 10.2 Å². The number of hydrogen-bond donors (Lipinski definition) is 2. The Labute approximate surface area is 90.3 Å². The average Bonchev–Trinajstić information content (AvgIpc) is 2.19. The van der Waals surface area contributed by atoms with Crippen LogP contribution in [-0.2, 0) is 4.79 Å². The number of carboxylic acids is 1. The van der Waals surface area contributed by atoms with Gasteiger partial charge >= 0.3 is 5.97 Å². The molecule has 0 aliphatic rings. The van der Waals surface area contributed by atoms with Crippen LogP contribution in [0, 0.1) is 17.5 Å². The lowest BCUT2D eigenvalue weighted by Crippen LogP contribution is -2.14. The number of aliphatic carboxylic acids is 1. The Morgan fingerprint density at radius 2 is 1.87 bits per heavy atom. The number of carbonyl (C=O) groups is 1. The van der Waals surface area contributed by atoms with Gasteiger partial charge in [-0.15, -0.1) is 0 Å². The topological polar surface area (TPSA) is 57.5 Å². The fourth-order valence-corrected chi connectivity index (χ4v) is 1.21. The van der Waals surface area contributed by atoms with E-state index in [9.17, 15) is 18.0 Å². The Balaban J connectivity index is 3.38. The monoisotopic (exact) mass is 284 g/mol. The fraction of sp³-hybridized carbons (Fsp3) is 0.125. The summed E-state index contributed by atoms with van der Waals surface area (Å²) in [5, 5.41) is 17.3. The molecule has 0 saturated heterocycles. The molecule has 1 aromatic rings. The highest BCUT2D eigenvalue weighted by Crippen LogP contribution is 2.28. The highest BCUT2D eigenvalue weighted by molar-refractivity contribution is 9.10. The first-order valence-corrected chi connectivity index (χ1v) is 4.39. The van der Waals surface area contributed by atoms with Crippen molar-refractivity contribution in [1.29, 1.82) is 0 Å². The molecule has 0 fully saturated rings. The molecule has 0 saturated carbocycles. The van der Waals surface area contributed by atoms with Gasteiger partial charge in [0.15, 0.2) is 17.7 Å². The molecule has 0 spiro atoms. The molecule has 1 unspecified atom stereocenters. The van der Waals surface area contributed by atoms with Crippen LogP contribution in [-0.4, -0.2) is 16.2 Å². The molecule has 2 N–H and O–H groups in total. The lowest BCUT2D eigenvalue weighted by atomic mass is 10.1. The molecule has 7 heteroatoms.